The standard InChI is InChI=1S/C14H21NO2S/c1-4-18-9-5-8-17-14-7-6-11(2)10-13(14)12(3)15-16/h6-7,10,16H,4-5,8-9H2,1-3H3/b15-12+. The molecule has 0 aromatic heterocycles. The van der Waals surface area contributed by atoms with Gasteiger partial charge in [0.05, 0.1) is 12.3 Å². The molecule has 0 saturated heterocycles. The maximum Gasteiger partial charge on any atom is 0.128 e. The average molecular weight is 267 g/mol. The molecule has 0 heterocycles. The highest BCUT2D eigenvalue weighted by molar-refractivity contribution is 7.99. The Morgan fingerprint density at radius 1 is 1.44 bits per heavy atom. The molecular formula is C14H21NO2S. The lowest BCUT2D eigenvalue weighted by molar-refractivity contribution is 0.312. The second kappa shape index (κ2) is 8.03. The molecule has 0 amide bonds. The number of benzene rings is 1. The van der Waals surface area contributed by atoms with Gasteiger partial charge in [-0.3, -0.25) is 0 Å². The van der Waals surface area contributed by atoms with Crippen LogP contribution < -0.4 is 4.74 Å². The normalized spacial score (nSPS) is 11.6. The van der Waals surface area contributed by atoms with E-state index in [1.165, 1.54) is 0 Å². The van der Waals surface area contributed by atoms with Gasteiger partial charge in [0, 0.05) is 5.56 Å². The first kappa shape index (κ1) is 14.9. The zero-order valence-electron chi connectivity index (χ0n) is 11.3. The maximum atomic E-state index is 8.87. The second-order valence-electron chi connectivity index (χ2n) is 4.08. The third kappa shape index (κ3) is 4.61. The van der Waals surface area contributed by atoms with Crippen molar-refractivity contribution < 1.29 is 9.94 Å². The smallest absolute Gasteiger partial charge is 0.128 e. The van der Waals surface area contributed by atoms with Crippen LogP contribution in [0.25, 0.3) is 0 Å². The van der Waals surface area contributed by atoms with Crippen LogP contribution in [0.2, 0.25) is 0 Å². The first-order valence-electron chi connectivity index (χ1n) is 6.19. The Morgan fingerprint density at radius 2 is 2.22 bits per heavy atom. The van der Waals surface area contributed by atoms with Crippen LogP contribution in [0, 0.1) is 6.92 Å². The van der Waals surface area contributed by atoms with Gasteiger partial charge < -0.3 is 9.94 Å². The fourth-order valence-electron chi connectivity index (χ4n) is 1.59. The molecule has 1 rings (SSSR count). The molecule has 1 aromatic rings. The lowest BCUT2D eigenvalue weighted by Crippen LogP contribution is -2.05. The highest BCUT2D eigenvalue weighted by Gasteiger charge is 2.07. The molecule has 0 aliphatic carbocycles. The Labute approximate surface area is 113 Å². The van der Waals surface area contributed by atoms with Gasteiger partial charge >= 0.3 is 0 Å². The monoisotopic (exact) mass is 267 g/mol. The van der Waals surface area contributed by atoms with Crippen molar-refractivity contribution in [1.82, 2.24) is 0 Å². The average Bonchev–Trinajstić information content (AvgIpc) is 2.39. The zero-order valence-corrected chi connectivity index (χ0v) is 12.1. The summed E-state index contributed by atoms with van der Waals surface area (Å²) in [5.74, 6) is 3.05. The molecule has 1 aromatic carbocycles. The predicted octanol–water partition coefficient (Wildman–Crippen LogP) is 3.72. The van der Waals surface area contributed by atoms with E-state index in [4.69, 9.17) is 9.94 Å². The van der Waals surface area contributed by atoms with Crippen LogP contribution in [0.5, 0.6) is 5.75 Å². The number of rotatable bonds is 7. The second-order valence-corrected chi connectivity index (χ2v) is 5.48. The Balaban J connectivity index is 2.64. The third-order valence-electron chi connectivity index (χ3n) is 2.57. The van der Waals surface area contributed by atoms with E-state index in [2.05, 4.69) is 12.1 Å². The van der Waals surface area contributed by atoms with Crippen LogP contribution in [-0.4, -0.2) is 29.0 Å². The van der Waals surface area contributed by atoms with Gasteiger partial charge in [0.2, 0.25) is 0 Å². The maximum absolute atomic E-state index is 8.87. The minimum Gasteiger partial charge on any atom is -0.493 e. The van der Waals surface area contributed by atoms with Crippen molar-refractivity contribution in [3.63, 3.8) is 0 Å². The summed E-state index contributed by atoms with van der Waals surface area (Å²) in [6.07, 6.45) is 1.03. The van der Waals surface area contributed by atoms with Crippen molar-refractivity contribution in [2.24, 2.45) is 5.16 Å². The van der Waals surface area contributed by atoms with Crippen LogP contribution in [-0.2, 0) is 0 Å². The number of oxime groups is 1. The summed E-state index contributed by atoms with van der Waals surface area (Å²) in [7, 11) is 0. The molecule has 0 atom stereocenters. The lowest BCUT2D eigenvalue weighted by atomic mass is 10.1. The fourth-order valence-corrected chi connectivity index (χ4v) is 2.20. The molecule has 3 nitrogen and oxygen atoms in total. The number of hydrogen-bond acceptors (Lipinski definition) is 4. The van der Waals surface area contributed by atoms with Gasteiger partial charge in [0.15, 0.2) is 0 Å². The van der Waals surface area contributed by atoms with Gasteiger partial charge in [-0.25, -0.2) is 0 Å². The van der Waals surface area contributed by atoms with E-state index in [1.54, 1.807) is 6.92 Å². The van der Waals surface area contributed by atoms with Gasteiger partial charge in [-0.1, -0.05) is 23.7 Å². The Kier molecular flexibility index (Phi) is 6.65. The van der Waals surface area contributed by atoms with Crippen molar-refractivity contribution in [2.75, 3.05) is 18.1 Å². The van der Waals surface area contributed by atoms with E-state index in [-0.39, 0.29) is 0 Å². The van der Waals surface area contributed by atoms with E-state index >= 15 is 0 Å². The van der Waals surface area contributed by atoms with Gasteiger partial charge in [-0.15, -0.1) is 0 Å². The Morgan fingerprint density at radius 3 is 2.89 bits per heavy atom. The number of thioether (sulfide) groups is 1. The molecule has 1 N–H and O–H groups in total. The van der Waals surface area contributed by atoms with Gasteiger partial charge in [-0.2, -0.15) is 11.8 Å². The van der Waals surface area contributed by atoms with Gasteiger partial charge in [-0.05, 0) is 43.9 Å². The van der Waals surface area contributed by atoms with Crippen LogP contribution in [0.15, 0.2) is 23.4 Å². The van der Waals surface area contributed by atoms with Crippen molar-refractivity contribution >= 4 is 17.5 Å². The van der Waals surface area contributed by atoms with Gasteiger partial charge in [0.1, 0.15) is 5.75 Å². The van der Waals surface area contributed by atoms with Crippen molar-refractivity contribution in [2.45, 2.75) is 27.2 Å². The Hall–Kier alpha value is -1.16. The molecule has 0 bridgehead atoms. The van der Waals surface area contributed by atoms with Crippen LogP contribution in [0.1, 0.15) is 31.4 Å². The summed E-state index contributed by atoms with van der Waals surface area (Å²) in [5.41, 5.74) is 2.57. The van der Waals surface area contributed by atoms with Crippen LogP contribution >= 0.6 is 11.8 Å². The molecule has 0 aliphatic heterocycles. The molecular weight excluding hydrogens is 246 g/mol. The number of nitrogens with zero attached hydrogens (tertiary/aromatic N) is 1. The molecule has 0 fully saturated rings. The minimum atomic E-state index is 0.580. The summed E-state index contributed by atoms with van der Waals surface area (Å²) in [5, 5.41) is 12.1. The lowest BCUT2D eigenvalue weighted by Gasteiger charge is -2.11. The number of aryl methyl sites for hydroxylation is 1. The van der Waals surface area contributed by atoms with E-state index in [1.807, 2.05) is 36.9 Å². The molecule has 0 saturated carbocycles. The summed E-state index contributed by atoms with van der Waals surface area (Å²) in [6, 6.07) is 5.92. The van der Waals surface area contributed by atoms with Crippen molar-refractivity contribution in [1.29, 1.82) is 0 Å². The van der Waals surface area contributed by atoms with E-state index in [0.717, 1.165) is 34.8 Å². The molecule has 0 unspecified atom stereocenters. The molecule has 0 spiro atoms. The van der Waals surface area contributed by atoms with Crippen LogP contribution in [0.4, 0.5) is 0 Å². The van der Waals surface area contributed by atoms with Crippen molar-refractivity contribution in [3.8, 4) is 5.75 Å². The highest BCUT2D eigenvalue weighted by atomic mass is 32.2. The highest BCUT2D eigenvalue weighted by Crippen LogP contribution is 2.21. The van der Waals surface area contributed by atoms with Gasteiger partial charge in [0.25, 0.3) is 0 Å². The molecule has 0 aliphatic rings. The SMILES string of the molecule is CCSCCCOc1ccc(C)cc1/C(C)=N/O. The van der Waals surface area contributed by atoms with E-state index < -0.39 is 0 Å². The number of hydrogen-bond donors (Lipinski definition) is 1. The zero-order chi connectivity index (χ0) is 13.4. The summed E-state index contributed by atoms with van der Waals surface area (Å²) < 4.78 is 5.76. The van der Waals surface area contributed by atoms with Crippen molar-refractivity contribution in [3.05, 3.63) is 29.3 Å². The third-order valence-corrected chi connectivity index (χ3v) is 3.56. The largest absolute Gasteiger partial charge is 0.493 e. The number of ether oxygens (including phenoxy) is 1. The fraction of sp³-hybridized carbons (Fsp3) is 0.500. The summed E-state index contributed by atoms with van der Waals surface area (Å²) in [6.45, 7) is 6.64. The summed E-state index contributed by atoms with van der Waals surface area (Å²) >= 11 is 1.92. The van der Waals surface area contributed by atoms with E-state index in [9.17, 15) is 0 Å². The predicted molar refractivity (Wildman–Crippen MR) is 78.3 cm³/mol. The molecule has 18 heavy (non-hydrogen) atoms. The minimum absolute atomic E-state index is 0.580. The first-order valence-corrected chi connectivity index (χ1v) is 7.34. The van der Waals surface area contributed by atoms with Crippen LogP contribution in [0.3, 0.4) is 0 Å². The Bertz CT molecular complexity index is 405. The molecule has 100 valence electrons. The molecule has 0 radical (unpaired) electrons. The molecule has 4 heteroatoms. The van der Waals surface area contributed by atoms with E-state index in [0.29, 0.717) is 12.3 Å². The summed E-state index contributed by atoms with van der Waals surface area (Å²) in [4.78, 5) is 0. The first-order chi connectivity index (χ1) is 8.69. The quantitative estimate of drug-likeness (QED) is 0.354. The topological polar surface area (TPSA) is 41.8 Å².